The van der Waals surface area contributed by atoms with Crippen LogP contribution in [0.25, 0.3) is 0 Å². The molecule has 0 fully saturated rings. The van der Waals surface area contributed by atoms with Crippen LogP contribution in [0.4, 0.5) is 5.95 Å². The van der Waals surface area contributed by atoms with Gasteiger partial charge in [0.25, 0.3) is 5.79 Å². The van der Waals surface area contributed by atoms with Gasteiger partial charge in [-0.2, -0.15) is 0 Å². The Morgan fingerprint density at radius 2 is 2.10 bits per heavy atom. The highest BCUT2D eigenvalue weighted by atomic mass is 35.5. The van der Waals surface area contributed by atoms with Crippen LogP contribution in [-0.2, 0) is 5.79 Å². The lowest BCUT2D eigenvalue weighted by Gasteiger charge is -2.19. The molecule has 1 N–H and O–H groups in total. The summed E-state index contributed by atoms with van der Waals surface area (Å²) in [7, 11) is 1.56. The lowest BCUT2D eigenvalue weighted by molar-refractivity contribution is 0.385. The van der Waals surface area contributed by atoms with E-state index in [2.05, 4.69) is 30.2 Å². The van der Waals surface area contributed by atoms with Crippen molar-refractivity contribution in [3.8, 4) is 5.75 Å². The van der Waals surface area contributed by atoms with E-state index in [1.54, 1.807) is 50.1 Å². The van der Waals surface area contributed by atoms with Gasteiger partial charge in [0.2, 0.25) is 5.95 Å². The van der Waals surface area contributed by atoms with Crippen LogP contribution in [0, 0.1) is 0 Å². The zero-order valence-electron chi connectivity index (χ0n) is 11.1. The normalized spacial score (nSPS) is 15.9. The number of aromatic amines is 1. The van der Waals surface area contributed by atoms with Gasteiger partial charge >= 0.3 is 0 Å². The Bertz CT molecular complexity index is 710. The molecule has 0 unspecified atom stereocenters. The minimum Gasteiger partial charge on any atom is -0.496 e. The number of methoxy groups -OCH3 is 1. The van der Waals surface area contributed by atoms with E-state index in [9.17, 15) is 0 Å². The highest BCUT2D eigenvalue weighted by Gasteiger charge is 2.36. The number of benzene rings is 1. The van der Waals surface area contributed by atoms with E-state index in [0.29, 0.717) is 22.3 Å². The molecule has 1 aliphatic rings. The van der Waals surface area contributed by atoms with Crippen LogP contribution < -0.4 is 4.74 Å². The lowest BCUT2D eigenvalue weighted by atomic mass is 10.1. The molecule has 0 saturated heterocycles. The predicted molar refractivity (Wildman–Crippen MR) is 79.8 cm³/mol. The van der Waals surface area contributed by atoms with Crippen molar-refractivity contribution in [3.05, 3.63) is 41.2 Å². The van der Waals surface area contributed by atoms with Crippen LogP contribution in [0.2, 0.25) is 5.02 Å². The van der Waals surface area contributed by atoms with Crippen molar-refractivity contribution in [2.45, 2.75) is 5.79 Å². The standard InChI is InChI=1S/C13H11ClN6O/c1-21-11-3-2-9(14)8-10(11)13(17-6-7-18-13)20-19-12-15-4-5-16-12/h2-8H,1H3,(H,15,16). The third-order valence-electron chi connectivity index (χ3n) is 2.87. The SMILES string of the molecule is COc1ccc(Cl)cc1C1(N=Nc2ncc[nH]2)N=CC=N1. The number of aromatic nitrogens is 2. The number of imidazole rings is 1. The van der Waals surface area contributed by atoms with Gasteiger partial charge in [0, 0.05) is 29.8 Å². The molecule has 106 valence electrons. The first kappa shape index (κ1) is 13.4. The van der Waals surface area contributed by atoms with Gasteiger partial charge in [-0.25, -0.2) is 15.0 Å². The molecule has 1 aromatic heterocycles. The van der Waals surface area contributed by atoms with Crippen molar-refractivity contribution in [2.24, 2.45) is 20.2 Å². The Balaban J connectivity index is 2.08. The van der Waals surface area contributed by atoms with E-state index in [1.807, 2.05) is 0 Å². The van der Waals surface area contributed by atoms with Crippen molar-refractivity contribution >= 4 is 30.0 Å². The summed E-state index contributed by atoms with van der Waals surface area (Å²) < 4.78 is 5.34. The van der Waals surface area contributed by atoms with Crippen molar-refractivity contribution < 1.29 is 4.74 Å². The Labute approximate surface area is 125 Å². The van der Waals surface area contributed by atoms with Crippen LogP contribution in [0.5, 0.6) is 5.75 Å². The molecule has 21 heavy (non-hydrogen) atoms. The summed E-state index contributed by atoms with van der Waals surface area (Å²) in [5, 5.41) is 8.79. The fourth-order valence-corrected chi connectivity index (χ4v) is 2.10. The predicted octanol–water partition coefficient (Wildman–Crippen LogP) is 3.12. The van der Waals surface area contributed by atoms with E-state index in [-0.39, 0.29) is 0 Å². The van der Waals surface area contributed by atoms with Crippen LogP contribution in [0.3, 0.4) is 0 Å². The first-order valence-electron chi connectivity index (χ1n) is 6.09. The Morgan fingerprint density at radius 1 is 1.29 bits per heavy atom. The molecule has 0 amide bonds. The van der Waals surface area contributed by atoms with Gasteiger partial charge in [-0.15, -0.1) is 10.2 Å². The Morgan fingerprint density at radius 3 is 2.76 bits per heavy atom. The van der Waals surface area contributed by atoms with Crippen LogP contribution in [0.15, 0.2) is 50.8 Å². The van der Waals surface area contributed by atoms with E-state index >= 15 is 0 Å². The number of aliphatic imine (C=N–C) groups is 2. The molecule has 8 heteroatoms. The highest BCUT2D eigenvalue weighted by Crippen LogP contribution is 2.39. The van der Waals surface area contributed by atoms with Crippen molar-refractivity contribution in [3.63, 3.8) is 0 Å². The molecule has 7 nitrogen and oxygen atoms in total. The summed E-state index contributed by atoms with van der Waals surface area (Å²) in [6, 6.07) is 5.18. The minimum atomic E-state index is -1.23. The van der Waals surface area contributed by atoms with Gasteiger partial charge in [-0.1, -0.05) is 11.6 Å². The zero-order chi connectivity index (χ0) is 14.7. The van der Waals surface area contributed by atoms with Crippen LogP contribution in [-0.4, -0.2) is 29.5 Å². The molecule has 0 atom stereocenters. The third-order valence-corrected chi connectivity index (χ3v) is 3.10. The number of rotatable bonds is 4. The second-order valence-electron chi connectivity index (χ2n) is 4.15. The monoisotopic (exact) mass is 302 g/mol. The first-order chi connectivity index (χ1) is 10.2. The number of nitrogens with zero attached hydrogens (tertiary/aromatic N) is 5. The second-order valence-corrected chi connectivity index (χ2v) is 4.59. The molecule has 3 rings (SSSR count). The molecule has 0 bridgehead atoms. The van der Waals surface area contributed by atoms with E-state index in [1.165, 1.54) is 0 Å². The van der Waals surface area contributed by atoms with E-state index in [4.69, 9.17) is 16.3 Å². The molecule has 1 aliphatic heterocycles. The lowest BCUT2D eigenvalue weighted by Crippen LogP contribution is -2.16. The maximum Gasteiger partial charge on any atom is 0.294 e. The highest BCUT2D eigenvalue weighted by molar-refractivity contribution is 6.30. The van der Waals surface area contributed by atoms with Gasteiger partial charge in [0.05, 0.1) is 12.7 Å². The van der Waals surface area contributed by atoms with Crippen molar-refractivity contribution in [1.82, 2.24) is 9.97 Å². The van der Waals surface area contributed by atoms with E-state index < -0.39 is 5.79 Å². The fourth-order valence-electron chi connectivity index (χ4n) is 1.92. The number of hydrogen-bond acceptors (Lipinski definition) is 6. The topological polar surface area (TPSA) is 87.4 Å². The fraction of sp³-hybridized carbons (Fsp3) is 0.154. The number of halogens is 1. The Kier molecular flexibility index (Phi) is 3.49. The molecule has 0 saturated carbocycles. The summed E-state index contributed by atoms with van der Waals surface area (Å²) in [5.74, 6) is -0.287. The minimum absolute atomic E-state index is 0.368. The summed E-state index contributed by atoms with van der Waals surface area (Å²) >= 11 is 6.06. The third kappa shape index (κ3) is 2.55. The van der Waals surface area contributed by atoms with Gasteiger partial charge in [-0.05, 0) is 18.2 Å². The summed E-state index contributed by atoms with van der Waals surface area (Å²) in [5.41, 5.74) is 0.609. The first-order valence-corrected chi connectivity index (χ1v) is 6.47. The van der Waals surface area contributed by atoms with Crippen LogP contribution in [0.1, 0.15) is 5.56 Å². The Hall–Kier alpha value is -2.54. The molecular weight excluding hydrogens is 292 g/mol. The molecule has 0 aliphatic carbocycles. The number of nitrogens with one attached hydrogen (secondary N) is 1. The quantitative estimate of drug-likeness (QED) is 0.879. The largest absolute Gasteiger partial charge is 0.496 e. The maximum absolute atomic E-state index is 6.06. The molecule has 0 spiro atoms. The number of H-pyrrole nitrogens is 1. The zero-order valence-corrected chi connectivity index (χ0v) is 11.8. The molecule has 1 aromatic carbocycles. The molecular formula is C13H11ClN6O. The number of ether oxygens (including phenoxy) is 1. The number of azo groups is 1. The van der Waals surface area contributed by atoms with Gasteiger partial charge in [0.15, 0.2) is 0 Å². The molecule has 0 radical (unpaired) electrons. The smallest absolute Gasteiger partial charge is 0.294 e. The number of hydrogen-bond donors (Lipinski definition) is 1. The molecule has 2 aromatic rings. The second kappa shape index (κ2) is 5.45. The van der Waals surface area contributed by atoms with E-state index in [0.717, 1.165) is 0 Å². The van der Waals surface area contributed by atoms with Gasteiger partial charge < -0.3 is 9.72 Å². The summed E-state index contributed by atoms with van der Waals surface area (Å²) in [6.45, 7) is 0. The van der Waals surface area contributed by atoms with Crippen LogP contribution >= 0.6 is 11.6 Å². The van der Waals surface area contributed by atoms with Gasteiger partial charge in [0.1, 0.15) is 5.75 Å². The van der Waals surface area contributed by atoms with Crippen molar-refractivity contribution in [1.29, 1.82) is 0 Å². The van der Waals surface area contributed by atoms with Gasteiger partial charge in [-0.3, -0.25) is 0 Å². The summed E-state index contributed by atoms with van der Waals surface area (Å²) in [6.07, 6.45) is 6.35. The molecule has 2 heterocycles. The average molecular weight is 303 g/mol. The summed E-state index contributed by atoms with van der Waals surface area (Å²) in [4.78, 5) is 15.4. The average Bonchev–Trinajstić information content (AvgIpc) is 3.17. The maximum atomic E-state index is 6.06. The van der Waals surface area contributed by atoms with Crippen molar-refractivity contribution in [2.75, 3.05) is 7.11 Å².